The van der Waals surface area contributed by atoms with E-state index in [-0.39, 0.29) is 0 Å². The number of unbranched alkanes of at least 4 members (excludes halogenated alkanes) is 6. The SMILES string of the molecule is CCCCCCCCC=CC1CCC(CCC2CCC(C#N)CC2)CC1. The molecule has 2 fully saturated rings. The average Bonchev–Trinajstić information content (AvgIpc) is 2.69. The van der Waals surface area contributed by atoms with E-state index in [4.69, 9.17) is 5.26 Å². The van der Waals surface area contributed by atoms with E-state index in [1.165, 1.54) is 96.3 Å². The van der Waals surface area contributed by atoms with Crippen LogP contribution in [0.25, 0.3) is 0 Å². The van der Waals surface area contributed by atoms with Crippen LogP contribution in [-0.2, 0) is 0 Å². The van der Waals surface area contributed by atoms with E-state index >= 15 is 0 Å². The molecule has 0 radical (unpaired) electrons. The zero-order chi connectivity index (χ0) is 18.5. The van der Waals surface area contributed by atoms with Crippen LogP contribution in [0, 0.1) is 35.0 Å². The fourth-order valence-corrected chi connectivity index (χ4v) is 5.05. The lowest BCUT2D eigenvalue weighted by atomic mass is 9.76. The summed E-state index contributed by atoms with van der Waals surface area (Å²) in [7, 11) is 0. The molecule has 0 saturated heterocycles. The molecule has 0 aromatic heterocycles. The summed E-state index contributed by atoms with van der Waals surface area (Å²) in [6.45, 7) is 2.29. The van der Waals surface area contributed by atoms with Crippen LogP contribution >= 0.6 is 0 Å². The zero-order valence-electron chi connectivity index (χ0n) is 17.4. The van der Waals surface area contributed by atoms with Crippen molar-refractivity contribution in [2.24, 2.45) is 23.7 Å². The van der Waals surface area contributed by atoms with Crippen molar-refractivity contribution in [3.05, 3.63) is 12.2 Å². The van der Waals surface area contributed by atoms with Gasteiger partial charge in [0.05, 0.1) is 6.07 Å². The molecule has 0 aromatic rings. The fraction of sp³-hybridized carbons (Fsp3) is 0.880. The molecule has 0 atom stereocenters. The highest BCUT2D eigenvalue weighted by Gasteiger charge is 2.23. The van der Waals surface area contributed by atoms with Crippen LogP contribution in [0.15, 0.2) is 12.2 Å². The molecular formula is C25H43N. The van der Waals surface area contributed by atoms with Gasteiger partial charge in [0.1, 0.15) is 0 Å². The second-order valence-corrected chi connectivity index (χ2v) is 9.19. The number of nitrogens with zero attached hydrogens (tertiary/aromatic N) is 1. The number of rotatable bonds is 11. The van der Waals surface area contributed by atoms with Crippen LogP contribution in [-0.4, -0.2) is 0 Å². The van der Waals surface area contributed by atoms with Gasteiger partial charge in [-0.2, -0.15) is 5.26 Å². The van der Waals surface area contributed by atoms with Crippen molar-refractivity contribution >= 4 is 0 Å². The molecule has 1 heteroatoms. The van der Waals surface area contributed by atoms with Crippen molar-refractivity contribution in [1.82, 2.24) is 0 Å². The van der Waals surface area contributed by atoms with E-state index in [1.807, 2.05) is 0 Å². The standard InChI is InChI=1S/C25H43N/c1-2-3-4-5-6-7-8-9-10-22-11-13-23(14-12-22)15-16-24-17-19-25(21-26)20-18-24/h9-10,22-25H,2-8,11-20H2,1H3. The Labute approximate surface area is 163 Å². The first kappa shape index (κ1) is 21.5. The second kappa shape index (κ2) is 13.4. The Morgan fingerprint density at radius 2 is 1.35 bits per heavy atom. The Morgan fingerprint density at radius 3 is 1.96 bits per heavy atom. The predicted molar refractivity (Wildman–Crippen MR) is 113 cm³/mol. The van der Waals surface area contributed by atoms with E-state index in [0.717, 1.165) is 30.6 Å². The Balaban J connectivity index is 1.47. The monoisotopic (exact) mass is 357 g/mol. The van der Waals surface area contributed by atoms with Gasteiger partial charge >= 0.3 is 0 Å². The molecule has 2 aliphatic rings. The van der Waals surface area contributed by atoms with Gasteiger partial charge in [-0.1, -0.05) is 64.0 Å². The third-order valence-electron chi connectivity index (χ3n) is 7.04. The maximum absolute atomic E-state index is 9.02. The highest BCUT2D eigenvalue weighted by atomic mass is 14.3. The topological polar surface area (TPSA) is 23.8 Å². The van der Waals surface area contributed by atoms with Gasteiger partial charge in [-0.05, 0) is 82.0 Å². The smallest absolute Gasteiger partial charge is 0.0655 e. The molecule has 0 spiro atoms. The first-order valence-electron chi connectivity index (χ1n) is 11.9. The van der Waals surface area contributed by atoms with E-state index in [1.54, 1.807) is 0 Å². The van der Waals surface area contributed by atoms with Crippen LogP contribution < -0.4 is 0 Å². The summed E-state index contributed by atoms with van der Waals surface area (Å²) in [6, 6.07) is 2.46. The summed E-state index contributed by atoms with van der Waals surface area (Å²) >= 11 is 0. The second-order valence-electron chi connectivity index (χ2n) is 9.19. The van der Waals surface area contributed by atoms with E-state index in [9.17, 15) is 0 Å². The van der Waals surface area contributed by atoms with Crippen LogP contribution in [0.1, 0.15) is 116 Å². The third kappa shape index (κ3) is 8.75. The van der Waals surface area contributed by atoms with Gasteiger partial charge in [-0.3, -0.25) is 0 Å². The highest BCUT2D eigenvalue weighted by Crippen LogP contribution is 2.36. The largest absolute Gasteiger partial charge is 0.198 e. The fourth-order valence-electron chi connectivity index (χ4n) is 5.05. The van der Waals surface area contributed by atoms with Crippen LogP contribution in [0.2, 0.25) is 0 Å². The van der Waals surface area contributed by atoms with E-state index in [0.29, 0.717) is 5.92 Å². The van der Waals surface area contributed by atoms with Crippen molar-refractivity contribution < 1.29 is 0 Å². The van der Waals surface area contributed by atoms with Crippen LogP contribution in [0.3, 0.4) is 0 Å². The van der Waals surface area contributed by atoms with Crippen molar-refractivity contribution in [2.45, 2.75) is 116 Å². The third-order valence-corrected chi connectivity index (χ3v) is 7.04. The van der Waals surface area contributed by atoms with Crippen molar-refractivity contribution in [3.63, 3.8) is 0 Å². The van der Waals surface area contributed by atoms with Crippen molar-refractivity contribution in [2.75, 3.05) is 0 Å². The molecule has 0 N–H and O–H groups in total. The van der Waals surface area contributed by atoms with E-state index in [2.05, 4.69) is 25.1 Å². The average molecular weight is 358 g/mol. The Kier molecular flexibility index (Phi) is 11.1. The Bertz CT molecular complexity index is 402. The van der Waals surface area contributed by atoms with Gasteiger partial charge in [-0.15, -0.1) is 0 Å². The normalized spacial score (nSPS) is 29.7. The first-order chi connectivity index (χ1) is 12.8. The molecule has 2 saturated carbocycles. The van der Waals surface area contributed by atoms with Crippen LogP contribution in [0.5, 0.6) is 0 Å². The maximum Gasteiger partial charge on any atom is 0.0655 e. The first-order valence-corrected chi connectivity index (χ1v) is 11.9. The summed E-state index contributed by atoms with van der Waals surface area (Å²) in [5.74, 6) is 3.16. The molecule has 0 heterocycles. The van der Waals surface area contributed by atoms with Gasteiger partial charge in [-0.25, -0.2) is 0 Å². The molecule has 0 bridgehead atoms. The quantitative estimate of drug-likeness (QED) is 0.270. The van der Waals surface area contributed by atoms with Crippen molar-refractivity contribution in [3.8, 4) is 6.07 Å². The summed E-state index contributed by atoms with van der Waals surface area (Å²) in [5, 5.41) is 9.02. The van der Waals surface area contributed by atoms with Gasteiger partial charge in [0.2, 0.25) is 0 Å². The molecule has 1 nitrogen and oxygen atoms in total. The highest BCUT2D eigenvalue weighted by molar-refractivity contribution is 4.91. The zero-order valence-corrected chi connectivity index (χ0v) is 17.4. The number of hydrogen-bond acceptors (Lipinski definition) is 1. The Hall–Kier alpha value is -0.770. The molecule has 2 rings (SSSR count). The molecule has 2 aliphatic carbocycles. The molecule has 26 heavy (non-hydrogen) atoms. The molecule has 0 aromatic carbocycles. The molecular weight excluding hydrogens is 314 g/mol. The Morgan fingerprint density at radius 1 is 0.769 bits per heavy atom. The minimum absolute atomic E-state index is 0.366. The summed E-state index contributed by atoms with van der Waals surface area (Å²) in [5.41, 5.74) is 0. The minimum atomic E-state index is 0.366. The predicted octanol–water partition coefficient (Wildman–Crippen LogP) is 8.21. The van der Waals surface area contributed by atoms with E-state index < -0.39 is 0 Å². The van der Waals surface area contributed by atoms with Gasteiger partial charge < -0.3 is 0 Å². The van der Waals surface area contributed by atoms with Gasteiger partial charge in [0, 0.05) is 5.92 Å². The lowest BCUT2D eigenvalue weighted by Crippen LogP contribution is -2.17. The lowest BCUT2D eigenvalue weighted by molar-refractivity contribution is 0.242. The number of hydrogen-bond donors (Lipinski definition) is 0. The summed E-state index contributed by atoms with van der Waals surface area (Å²) in [4.78, 5) is 0. The lowest BCUT2D eigenvalue weighted by Gasteiger charge is -2.30. The summed E-state index contributed by atoms with van der Waals surface area (Å²) in [6.07, 6.45) is 28.4. The van der Waals surface area contributed by atoms with Gasteiger partial charge in [0.15, 0.2) is 0 Å². The van der Waals surface area contributed by atoms with Crippen LogP contribution in [0.4, 0.5) is 0 Å². The van der Waals surface area contributed by atoms with Gasteiger partial charge in [0.25, 0.3) is 0 Å². The molecule has 148 valence electrons. The molecule has 0 unspecified atom stereocenters. The number of nitriles is 1. The number of allylic oxidation sites excluding steroid dienone is 2. The summed E-state index contributed by atoms with van der Waals surface area (Å²) < 4.78 is 0. The maximum atomic E-state index is 9.02. The molecule has 0 amide bonds. The molecule has 0 aliphatic heterocycles. The van der Waals surface area contributed by atoms with Crippen molar-refractivity contribution in [1.29, 1.82) is 5.26 Å². The minimum Gasteiger partial charge on any atom is -0.198 e.